The van der Waals surface area contributed by atoms with Crippen molar-refractivity contribution in [2.45, 2.75) is 501 Å². The lowest BCUT2D eigenvalue weighted by Gasteiger charge is -2.20. The number of esters is 1. The molecule has 536 valence electrons. The average molecular weight is 1270 g/mol. The molecule has 6 nitrogen and oxygen atoms in total. The van der Waals surface area contributed by atoms with E-state index in [9.17, 15) is 19.8 Å². The molecule has 0 aromatic carbocycles. The second-order valence-electron chi connectivity index (χ2n) is 29.2. The van der Waals surface area contributed by atoms with E-state index < -0.39 is 12.1 Å². The van der Waals surface area contributed by atoms with Crippen molar-refractivity contribution < 1.29 is 24.5 Å². The van der Waals surface area contributed by atoms with Crippen molar-refractivity contribution in [1.29, 1.82) is 0 Å². The van der Waals surface area contributed by atoms with E-state index in [1.807, 2.05) is 6.08 Å². The molecule has 0 radical (unpaired) electrons. The summed E-state index contributed by atoms with van der Waals surface area (Å²) in [6.07, 6.45) is 102. The van der Waals surface area contributed by atoms with Crippen molar-refractivity contribution in [3.8, 4) is 0 Å². The molecule has 6 heteroatoms. The second-order valence-corrected chi connectivity index (χ2v) is 29.2. The summed E-state index contributed by atoms with van der Waals surface area (Å²) in [6.45, 7) is 4.97. The number of amides is 1. The maximum Gasteiger partial charge on any atom is 0.305 e. The van der Waals surface area contributed by atoms with Crippen LogP contribution in [0.5, 0.6) is 0 Å². The predicted molar refractivity (Wildman–Crippen MR) is 398 cm³/mol. The predicted octanol–water partition coefficient (Wildman–Crippen LogP) is 27.8. The average Bonchev–Trinajstić information content (AvgIpc) is 3.57. The quantitative estimate of drug-likeness (QED) is 0.0320. The number of unbranched alkanes of at least 4 members (excludes halogenated alkanes) is 69. The van der Waals surface area contributed by atoms with Crippen LogP contribution in [0.4, 0.5) is 0 Å². The molecule has 0 aromatic rings. The fourth-order valence-corrected chi connectivity index (χ4v) is 13.7. The number of hydrogen-bond donors (Lipinski definition) is 3. The van der Waals surface area contributed by atoms with Gasteiger partial charge in [0.2, 0.25) is 5.91 Å². The molecule has 0 saturated heterocycles. The number of nitrogens with one attached hydrogen (secondary N) is 1. The third-order valence-corrected chi connectivity index (χ3v) is 20.1. The number of aliphatic hydroxyl groups is 2. The molecule has 3 N–H and O–H groups in total. The van der Waals surface area contributed by atoms with Crippen LogP contribution in [-0.2, 0) is 14.3 Å². The van der Waals surface area contributed by atoms with Crippen molar-refractivity contribution in [1.82, 2.24) is 5.32 Å². The first kappa shape index (κ1) is 88.6. The Morgan fingerprint density at radius 3 is 0.756 bits per heavy atom. The Balaban J connectivity index is 3.30. The van der Waals surface area contributed by atoms with Crippen LogP contribution in [-0.4, -0.2) is 47.4 Å². The van der Waals surface area contributed by atoms with Crippen molar-refractivity contribution in [2.24, 2.45) is 0 Å². The number of hydrogen-bond acceptors (Lipinski definition) is 5. The van der Waals surface area contributed by atoms with E-state index in [1.54, 1.807) is 6.08 Å². The van der Waals surface area contributed by atoms with Crippen molar-refractivity contribution >= 4 is 11.9 Å². The monoisotopic (exact) mass is 1270 g/mol. The van der Waals surface area contributed by atoms with Gasteiger partial charge in [-0.25, -0.2) is 0 Å². The van der Waals surface area contributed by atoms with E-state index >= 15 is 0 Å². The maximum atomic E-state index is 12.5. The molecule has 2 atom stereocenters. The molecule has 0 spiro atoms. The number of aliphatic hydroxyl groups excluding tert-OH is 2. The van der Waals surface area contributed by atoms with Crippen LogP contribution < -0.4 is 5.32 Å². The Labute approximate surface area is 565 Å². The molecular weight excluding hydrogens is 1100 g/mol. The van der Waals surface area contributed by atoms with Gasteiger partial charge in [-0.1, -0.05) is 456 Å². The largest absolute Gasteiger partial charge is 0.466 e. The molecule has 0 aliphatic rings. The van der Waals surface area contributed by atoms with Crippen LogP contribution in [0, 0.1) is 0 Å². The van der Waals surface area contributed by atoms with Crippen LogP contribution in [0.3, 0.4) is 0 Å². The van der Waals surface area contributed by atoms with Gasteiger partial charge in [0.25, 0.3) is 0 Å². The SMILES string of the molecule is CCCCCCCCCCCCCCCCCCC/C=C/C(O)C(CO)NC(=O)CCCCCCCCCCCCCCCCCCCCCCCCCCCCCCCCCCCCCCCOC(=O)CCCCCCCCCCCCCCCCCCC. The molecule has 0 aliphatic carbocycles. The van der Waals surface area contributed by atoms with Gasteiger partial charge in [0, 0.05) is 12.8 Å². The van der Waals surface area contributed by atoms with Crippen LogP contribution in [0.15, 0.2) is 12.2 Å². The zero-order chi connectivity index (χ0) is 64.9. The standard InChI is InChI=1S/C84H165NO5/c1-3-5-7-9-11-13-15-17-19-21-41-45-48-52-56-60-64-68-72-76-82(87)81(80-86)85-83(88)77-73-69-65-61-57-53-49-46-42-39-37-35-33-31-29-27-25-23-22-24-26-28-30-32-34-36-38-40-43-47-51-55-59-63-67-71-75-79-90-84(89)78-74-70-66-62-58-54-50-44-20-18-16-14-12-10-8-6-4-2/h72,76,81-82,86-87H,3-71,73-75,77-80H2,1-2H3,(H,85,88)/b76-72+. The van der Waals surface area contributed by atoms with Gasteiger partial charge >= 0.3 is 5.97 Å². The van der Waals surface area contributed by atoms with Gasteiger partial charge in [-0.05, 0) is 32.1 Å². The number of rotatable bonds is 80. The second kappa shape index (κ2) is 80.0. The minimum Gasteiger partial charge on any atom is -0.466 e. The Kier molecular flexibility index (Phi) is 78.8. The highest BCUT2D eigenvalue weighted by molar-refractivity contribution is 5.76. The van der Waals surface area contributed by atoms with Gasteiger partial charge in [0.05, 0.1) is 25.4 Å². The molecule has 0 aliphatic heterocycles. The fourth-order valence-electron chi connectivity index (χ4n) is 13.7. The van der Waals surface area contributed by atoms with Gasteiger partial charge < -0.3 is 20.3 Å². The highest BCUT2D eigenvalue weighted by Gasteiger charge is 2.18. The molecular formula is C84H165NO5. The van der Waals surface area contributed by atoms with Crippen molar-refractivity contribution in [3.05, 3.63) is 12.2 Å². The Morgan fingerprint density at radius 1 is 0.300 bits per heavy atom. The Hall–Kier alpha value is -1.40. The summed E-state index contributed by atoms with van der Waals surface area (Å²) in [5.41, 5.74) is 0. The molecule has 0 fully saturated rings. The summed E-state index contributed by atoms with van der Waals surface area (Å²) < 4.78 is 5.52. The van der Waals surface area contributed by atoms with Crippen LogP contribution in [0.1, 0.15) is 489 Å². The van der Waals surface area contributed by atoms with Crippen LogP contribution in [0.2, 0.25) is 0 Å². The smallest absolute Gasteiger partial charge is 0.305 e. The van der Waals surface area contributed by atoms with Gasteiger partial charge in [-0.15, -0.1) is 0 Å². The first-order valence-corrected chi connectivity index (χ1v) is 42.0. The highest BCUT2D eigenvalue weighted by atomic mass is 16.5. The van der Waals surface area contributed by atoms with Crippen molar-refractivity contribution in [2.75, 3.05) is 13.2 Å². The first-order valence-electron chi connectivity index (χ1n) is 42.0. The maximum absolute atomic E-state index is 12.5. The highest BCUT2D eigenvalue weighted by Crippen LogP contribution is 2.21. The summed E-state index contributed by atoms with van der Waals surface area (Å²) >= 11 is 0. The lowest BCUT2D eigenvalue weighted by molar-refractivity contribution is -0.143. The van der Waals surface area contributed by atoms with E-state index in [4.69, 9.17) is 4.74 Å². The van der Waals surface area contributed by atoms with Gasteiger partial charge in [0.15, 0.2) is 0 Å². The van der Waals surface area contributed by atoms with Crippen LogP contribution >= 0.6 is 0 Å². The topological polar surface area (TPSA) is 95.9 Å². The number of carbonyl (C=O) groups excluding carboxylic acids is 2. The summed E-state index contributed by atoms with van der Waals surface area (Å²) in [5.74, 6) is -0.0288. The number of ether oxygens (including phenoxy) is 1. The Bertz CT molecular complexity index is 1370. The summed E-state index contributed by atoms with van der Waals surface area (Å²) in [4.78, 5) is 24.7. The van der Waals surface area contributed by atoms with E-state index in [-0.39, 0.29) is 18.5 Å². The van der Waals surface area contributed by atoms with Gasteiger partial charge in [0.1, 0.15) is 0 Å². The van der Waals surface area contributed by atoms with Crippen LogP contribution in [0.25, 0.3) is 0 Å². The van der Waals surface area contributed by atoms with E-state index in [1.165, 1.54) is 424 Å². The molecule has 0 heterocycles. The number of carbonyl (C=O) groups is 2. The van der Waals surface area contributed by atoms with E-state index in [2.05, 4.69) is 19.2 Å². The summed E-state index contributed by atoms with van der Waals surface area (Å²) in [7, 11) is 0. The lowest BCUT2D eigenvalue weighted by atomic mass is 10.0. The Morgan fingerprint density at radius 2 is 0.511 bits per heavy atom. The minimum atomic E-state index is -0.841. The van der Waals surface area contributed by atoms with Gasteiger partial charge in [-0.2, -0.15) is 0 Å². The summed E-state index contributed by atoms with van der Waals surface area (Å²) in [5, 5.41) is 23.3. The third-order valence-electron chi connectivity index (χ3n) is 20.1. The molecule has 0 aromatic heterocycles. The fraction of sp³-hybridized carbons (Fsp3) is 0.952. The molecule has 0 saturated carbocycles. The minimum absolute atomic E-state index is 0.0285. The molecule has 0 bridgehead atoms. The molecule has 0 rings (SSSR count). The van der Waals surface area contributed by atoms with Gasteiger partial charge in [-0.3, -0.25) is 9.59 Å². The molecule has 2 unspecified atom stereocenters. The van der Waals surface area contributed by atoms with E-state index in [0.717, 1.165) is 38.5 Å². The van der Waals surface area contributed by atoms with E-state index in [0.29, 0.717) is 19.4 Å². The lowest BCUT2D eigenvalue weighted by Crippen LogP contribution is -2.45. The first-order chi connectivity index (χ1) is 44.5. The number of allylic oxidation sites excluding steroid dienone is 1. The zero-order valence-corrected chi connectivity index (χ0v) is 61.7. The van der Waals surface area contributed by atoms with Crippen molar-refractivity contribution in [3.63, 3.8) is 0 Å². The third kappa shape index (κ3) is 75.6. The molecule has 90 heavy (non-hydrogen) atoms. The summed E-state index contributed by atoms with van der Waals surface area (Å²) in [6, 6.07) is -0.623. The zero-order valence-electron chi connectivity index (χ0n) is 61.7. The normalized spacial score (nSPS) is 12.4. The molecule has 1 amide bonds.